The van der Waals surface area contributed by atoms with Crippen molar-refractivity contribution in [2.24, 2.45) is 12.0 Å². The fourth-order valence-corrected chi connectivity index (χ4v) is 7.25. The highest BCUT2D eigenvalue weighted by Crippen LogP contribution is 2.35. The second-order valence-electron chi connectivity index (χ2n) is 12.9. The number of aryl methyl sites for hydroxylation is 1. The highest BCUT2D eigenvalue weighted by molar-refractivity contribution is 6.10. The van der Waals surface area contributed by atoms with Crippen molar-refractivity contribution in [3.8, 4) is 11.3 Å². The third kappa shape index (κ3) is 5.95. The standard InChI is InChI=1S/C38H37FN10O2/c1-4-40-23(2)49-37(51)31-21-42-38(45-35(31)46(49)3)43-27-9-11-28(12-10-27)48-17-15-47(16-18-48)22-24-5-7-25(8-6-24)34-29-13-14-41-36(50)30-19-26(39)20-32(44-34)33(29)30/h4-12,19-21,44H,1,13-18,22H2,2-3H3,(H,41,50)(H,42,43,45). The van der Waals surface area contributed by atoms with Gasteiger partial charge in [0.25, 0.3) is 11.5 Å². The predicted octanol–water partition coefficient (Wildman–Crippen LogP) is 5.18. The minimum absolute atomic E-state index is 0.234. The minimum Gasteiger partial charge on any atom is -0.369 e. The van der Waals surface area contributed by atoms with Crippen LogP contribution in [0.25, 0.3) is 33.2 Å². The molecule has 5 heterocycles. The Balaban J connectivity index is 0.892. The van der Waals surface area contributed by atoms with Gasteiger partial charge in [-0.15, -0.1) is 0 Å². The highest BCUT2D eigenvalue weighted by Gasteiger charge is 2.24. The van der Waals surface area contributed by atoms with Gasteiger partial charge in [-0.1, -0.05) is 30.8 Å². The van der Waals surface area contributed by atoms with Crippen LogP contribution in [-0.2, 0) is 20.0 Å². The molecule has 0 aliphatic carbocycles. The van der Waals surface area contributed by atoms with Crippen LogP contribution in [0.4, 0.5) is 21.7 Å². The zero-order valence-corrected chi connectivity index (χ0v) is 28.4. The lowest BCUT2D eigenvalue weighted by atomic mass is 9.99. The molecule has 13 heteroatoms. The topological polar surface area (TPSA) is 128 Å². The molecule has 3 aromatic heterocycles. The fraction of sp³-hybridized carbons (Fsp3) is 0.237. The van der Waals surface area contributed by atoms with E-state index in [1.807, 2.05) is 12.1 Å². The number of nitrogens with zero attached hydrogens (tertiary/aromatic N) is 7. The SMILES string of the molecule is C=CN=C(C)n1c(=O)c2cnc(Nc3ccc(N4CCN(Cc5ccc(-c6[nH]c7cc(F)cc8c7c6CCNC8=O)cc5)CC4)cc3)nc2n1C. The van der Waals surface area contributed by atoms with Gasteiger partial charge in [-0.3, -0.25) is 19.2 Å². The summed E-state index contributed by atoms with van der Waals surface area (Å²) >= 11 is 0. The van der Waals surface area contributed by atoms with Crippen molar-refractivity contribution in [3.63, 3.8) is 0 Å². The van der Waals surface area contributed by atoms with Crippen LogP contribution >= 0.6 is 0 Å². The molecule has 0 atom stereocenters. The van der Waals surface area contributed by atoms with E-state index in [4.69, 9.17) is 0 Å². The number of benzene rings is 3. The number of nitrogens with one attached hydrogen (secondary N) is 3. The highest BCUT2D eigenvalue weighted by atomic mass is 19.1. The summed E-state index contributed by atoms with van der Waals surface area (Å²) in [6.45, 7) is 10.4. The van der Waals surface area contributed by atoms with Gasteiger partial charge in [0.2, 0.25) is 5.95 Å². The zero-order valence-electron chi connectivity index (χ0n) is 28.4. The Kier molecular flexibility index (Phi) is 8.19. The Morgan fingerprint density at radius 1 is 1.06 bits per heavy atom. The first-order valence-corrected chi connectivity index (χ1v) is 16.9. The van der Waals surface area contributed by atoms with Crippen molar-refractivity contribution in [1.82, 2.24) is 34.5 Å². The van der Waals surface area contributed by atoms with E-state index in [0.717, 1.165) is 66.3 Å². The molecule has 0 saturated carbocycles. The summed E-state index contributed by atoms with van der Waals surface area (Å²) in [5.41, 5.74) is 7.54. The molecule has 2 aliphatic rings. The maximum absolute atomic E-state index is 14.3. The molecule has 1 fully saturated rings. The van der Waals surface area contributed by atoms with Gasteiger partial charge < -0.3 is 20.5 Å². The smallest absolute Gasteiger partial charge is 0.283 e. The number of aliphatic imine (C=N–C) groups is 1. The number of amides is 1. The van der Waals surface area contributed by atoms with Crippen molar-refractivity contribution in [3.05, 3.63) is 113 Å². The molecular weight excluding hydrogens is 647 g/mol. The molecule has 0 bridgehead atoms. The summed E-state index contributed by atoms with van der Waals surface area (Å²) in [6, 6.07) is 19.5. The second kappa shape index (κ2) is 13.0. The Labute approximate surface area is 292 Å². The molecule has 51 heavy (non-hydrogen) atoms. The first kappa shape index (κ1) is 32.1. The van der Waals surface area contributed by atoms with Crippen molar-refractivity contribution in [2.75, 3.05) is 42.9 Å². The molecule has 3 aromatic carbocycles. The summed E-state index contributed by atoms with van der Waals surface area (Å²) in [7, 11) is 1.76. The number of halogens is 1. The van der Waals surface area contributed by atoms with Gasteiger partial charge >= 0.3 is 0 Å². The molecule has 6 aromatic rings. The Morgan fingerprint density at radius 3 is 2.57 bits per heavy atom. The molecular formula is C38H37FN10O2. The van der Waals surface area contributed by atoms with E-state index in [1.54, 1.807) is 18.7 Å². The predicted molar refractivity (Wildman–Crippen MR) is 198 cm³/mol. The van der Waals surface area contributed by atoms with E-state index in [1.165, 1.54) is 34.8 Å². The first-order chi connectivity index (χ1) is 24.8. The number of H-pyrrole nitrogens is 1. The Hall–Kier alpha value is -6.08. The van der Waals surface area contributed by atoms with Gasteiger partial charge in [0, 0.05) is 86.7 Å². The second-order valence-corrected chi connectivity index (χ2v) is 12.9. The molecule has 2 aliphatic heterocycles. The van der Waals surface area contributed by atoms with E-state index in [-0.39, 0.29) is 11.5 Å². The zero-order chi connectivity index (χ0) is 35.2. The number of fused-ring (bicyclic) bond motifs is 1. The number of aromatic amines is 1. The number of anilines is 3. The van der Waals surface area contributed by atoms with Gasteiger partial charge in [-0.2, -0.15) is 4.98 Å². The van der Waals surface area contributed by atoms with Gasteiger partial charge in [-0.25, -0.2) is 19.0 Å². The van der Waals surface area contributed by atoms with Crippen LogP contribution in [0, 0.1) is 5.82 Å². The van der Waals surface area contributed by atoms with E-state index in [2.05, 4.69) is 83.4 Å². The van der Waals surface area contributed by atoms with Crippen LogP contribution in [-0.4, -0.2) is 73.7 Å². The molecule has 0 unspecified atom stereocenters. The molecule has 8 rings (SSSR count). The number of carbonyl (C=O) groups excluding carboxylic acids is 1. The minimum atomic E-state index is -0.424. The third-order valence-electron chi connectivity index (χ3n) is 9.76. The van der Waals surface area contributed by atoms with Crippen molar-refractivity contribution in [1.29, 1.82) is 0 Å². The summed E-state index contributed by atoms with van der Waals surface area (Å²) in [5, 5.41) is 7.37. The summed E-state index contributed by atoms with van der Waals surface area (Å²) in [4.78, 5) is 46.8. The summed E-state index contributed by atoms with van der Waals surface area (Å²) in [6.07, 6.45) is 3.62. The normalized spacial score (nSPS) is 15.3. The van der Waals surface area contributed by atoms with E-state index >= 15 is 0 Å². The van der Waals surface area contributed by atoms with E-state index in [9.17, 15) is 14.0 Å². The lowest BCUT2D eigenvalue weighted by Gasteiger charge is -2.36. The van der Waals surface area contributed by atoms with Crippen LogP contribution in [0.15, 0.2) is 89.4 Å². The quantitative estimate of drug-likeness (QED) is 0.156. The van der Waals surface area contributed by atoms with Gasteiger partial charge in [0.15, 0.2) is 5.65 Å². The van der Waals surface area contributed by atoms with Crippen LogP contribution in [0.3, 0.4) is 0 Å². The average molecular weight is 685 g/mol. The number of rotatable bonds is 7. The van der Waals surface area contributed by atoms with E-state index in [0.29, 0.717) is 46.9 Å². The lowest BCUT2D eigenvalue weighted by molar-refractivity contribution is 0.0956. The number of hydrogen-bond donors (Lipinski definition) is 3. The molecule has 12 nitrogen and oxygen atoms in total. The summed E-state index contributed by atoms with van der Waals surface area (Å²) < 4.78 is 17.4. The molecule has 1 saturated heterocycles. The van der Waals surface area contributed by atoms with Crippen LogP contribution < -0.4 is 21.1 Å². The van der Waals surface area contributed by atoms with Crippen LogP contribution in [0.1, 0.15) is 28.4 Å². The molecule has 0 radical (unpaired) electrons. The van der Waals surface area contributed by atoms with Crippen molar-refractivity contribution >= 4 is 51.0 Å². The van der Waals surface area contributed by atoms with E-state index < -0.39 is 5.82 Å². The Bertz CT molecular complexity index is 2400. The first-order valence-electron chi connectivity index (χ1n) is 16.9. The maximum Gasteiger partial charge on any atom is 0.283 e. The molecule has 0 spiro atoms. The maximum atomic E-state index is 14.3. The number of aromatic nitrogens is 5. The van der Waals surface area contributed by atoms with Crippen molar-refractivity contribution < 1.29 is 9.18 Å². The van der Waals surface area contributed by atoms with Crippen LogP contribution in [0.2, 0.25) is 0 Å². The number of carbonyl (C=O) groups is 1. The third-order valence-corrected chi connectivity index (χ3v) is 9.76. The number of hydrogen-bond acceptors (Lipinski definition) is 8. The van der Waals surface area contributed by atoms with Crippen LogP contribution in [0.5, 0.6) is 0 Å². The van der Waals surface area contributed by atoms with Gasteiger partial charge in [0.05, 0.1) is 5.56 Å². The van der Waals surface area contributed by atoms with Gasteiger partial charge in [0.1, 0.15) is 17.0 Å². The average Bonchev–Trinajstić information content (AvgIpc) is 3.55. The molecule has 258 valence electrons. The monoisotopic (exact) mass is 684 g/mol. The lowest BCUT2D eigenvalue weighted by Crippen LogP contribution is -2.45. The largest absolute Gasteiger partial charge is 0.369 e. The Morgan fingerprint density at radius 2 is 1.82 bits per heavy atom. The molecule has 3 N–H and O–H groups in total. The van der Waals surface area contributed by atoms with Crippen molar-refractivity contribution in [2.45, 2.75) is 19.9 Å². The molecule has 1 amide bonds. The van der Waals surface area contributed by atoms with Gasteiger partial charge in [-0.05, 0) is 66.4 Å². The summed E-state index contributed by atoms with van der Waals surface area (Å²) in [5.74, 6) is 0.232. The fourth-order valence-electron chi connectivity index (χ4n) is 7.25. The number of piperazine rings is 1.